The normalized spacial score (nSPS) is 15.6. The zero-order valence-electron chi connectivity index (χ0n) is 11.4. The van der Waals surface area contributed by atoms with Crippen LogP contribution >= 0.6 is 0 Å². The Labute approximate surface area is 110 Å². The summed E-state index contributed by atoms with van der Waals surface area (Å²) < 4.78 is 11.5. The van der Waals surface area contributed by atoms with Crippen LogP contribution in [0, 0.1) is 5.92 Å². The van der Waals surface area contributed by atoms with Gasteiger partial charge in [0.1, 0.15) is 0 Å². The minimum atomic E-state index is 0.545. The van der Waals surface area contributed by atoms with Crippen LogP contribution in [0.2, 0.25) is 0 Å². The monoisotopic (exact) mass is 251 g/mol. The van der Waals surface area contributed by atoms with Crippen LogP contribution in [0.4, 0.5) is 0 Å². The van der Waals surface area contributed by atoms with Crippen molar-refractivity contribution in [2.45, 2.75) is 51.9 Å². The summed E-state index contributed by atoms with van der Waals surface area (Å²) in [4.78, 5) is 3.00. The van der Waals surface area contributed by atoms with Crippen molar-refractivity contribution in [3.8, 4) is 11.5 Å². The molecule has 0 radical (unpaired) electrons. The summed E-state index contributed by atoms with van der Waals surface area (Å²) in [6.07, 6.45) is 13.1. The van der Waals surface area contributed by atoms with E-state index < -0.39 is 0 Å². The molecule has 0 saturated carbocycles. The lowest BCUT2D eigenvalue weighted by atomic mass is 10.0. The number of aromatic amines is 1. The molecule has 1 N–H and O–H groups in total. The van der Waals surface area contributed by atoms with Gasteiger partial charge in [-0.3, -0.25) is 0 Å². The van der Waals surface area contributed by atoms with Crippen LogP contribution in [0.1, 0.15) is 51.9 Å². The molecule has 0 fully saturated rings. The number of rotatable bonds is 7. The number of aromatic nitrogens is 1. The van der Waals surface area contributed by atoms with Gasteiger partial charge in [0.2, 0.25) is 0 Å². The standard InChI is InChI=1S/C15H25NO2/c1-2-3-4-5-6-7-8-13-11-17-14-9-16-10-15(14)18-12-13/h9-10,13,16H,2-8,11-12H2,1H3. The number of H-pyrrole nitrogens is 1. The smallest absolute Gasteiger partial charge is 0.178 e. The number of fused-ring (bicyclic) bond motifs is 1. The molecule has 3 heteroatoms. The lowest BCUT2D eigenvalue weighted by Crippen LogP contribution is -2.16. The molecule has 1 aliphatic rings. The second-order valence-corrected chi connectivity index (χ2v) is 5.23. The molecule has 0 atom stereocenters. The average molecular weight is 251 g/mol. The number of unbranched alkanes of at least 4 members (excludes halogenated alkanes) is 5. The molecule has 0 aliphatic carbocycles. The van der Waals surface area contributed by atoms with Crippen LogP contribution < -0.4 is 9.47 Å². The average Bonchev–Trinajstić information content (AvgIpc) is 2.75. The molecule has 3 nitrogen and oxygen atoms in total. The topological polar surface area (TPSA) is 34.2 Å². The fraction of sp³-hybridized carbons (Fsp3) is 0.733. The highest BCUT2D eigenvalue weighted by Gasteiger charge is 2.18. The van der Waals surface area contributed by atoms with E-state index in [1.807, 2.05) is 12.4 Å². The minimum absolute atomic E-state index is 0.545. The van der Waals surface area contributed by atoms with Crippen LogP contribution in [-0.4, -0.2) is 18.2 Å². The van der Waals surface area contributed by atoms with Crippen LogP contribution in [0.5, 0.6) is 11.5 Å². The van der Waals surface area contributed by atoms with Gasteiger partial charge in [-0.2, -0.15) is 0 Å². The highest BCUT2D eigenvalue weighted by molar-refractivity contribution is 5.37. The fourth-order valence-electron chi connectivity index (χ4n) is 2.40. The molecule has 0 spiro atoms. The van der Waals surface area contributed by atoms with Gasteiger partial charge < -0.3 is 14.5 Å². The van der Waals surface area contributed by atoms with Gasteiger partial charge in [0.05, 0.1) is 13.2 Å². The van der Waals surface area contributed by atoms with Gasteiger partial charge in [-0.1, -0.05) is 45.4 Å². The molecule has 0 unspecified atom stereocenters. The predicted molar refractivity (Wildman–Crippen MR) is 73.3 cm³/mol. The van der Waals surface area contributed by atoms with E-state index in [-0.39, 0.29) is 0 Å². The van der Waals surface area contributed by atoms with Gasteiger partial charge in [0, 0.05) is 18.3 Å². The Kier molecular flexibility index (Phi) is 5.43. The first-order valence-electron chi connectivity index (χ1n) is 7.32. The first-order chi connectivity index (χ1) is 8.90. The van der Waals surface area contributed by atoms with E-state index in [9.17, 15) is 0 Å². The highest BCUT2D eigenvalue weighted by Crippen LogP contribution is 2.30. The predicted octanol–water partition coefficient (Wildman–Crippen LogP) is 4.15. The van der Waals surface area contributed by atoms with Crippen LogP contribution in [0.15, 0.2) is 12.4 Å². The Morgan fingerprint density at radius 2 is 1.61 bits per heavy atom. The number of hydrogen-bond donors (Lipinski definition) is 1. The quantitative estimate of drug-likeness (QED) is 0.739. The summed E-state index contributed by atoms with van der Waals surface area (Å²) in [5, 5.41) is 0. The Balaban J connectivity index is 1.59. The maximum absolute atomic E-state index is 5.74. The summed E-state index contributed by atoms with van der Waals surface area (Å²) >= 11 is 0. The first-order valence-corrected chi connectivity index (χ1v) is 7.32. The second kappa shape index (κ2) is 7.34. The highest BCUT2D eigenvalue weighted by atomic mass is 16.5. The largest absolute Gasteiger partial charge is 0.488 e. The molecule has 18 heavy (non-hydrogen) atoms. The molecule has 0 aromatic carbocycles. The van der Waals surface area contributed by atoms with Gasteiger partial charge >= 0.3 is 0 Å². The van der Waals surface area contributed by atoms with E-state index >= 15 is 0 Å². The van der Waals surface area contributed by atoms with Gasteiger partial charge in [0.15, 0.2) is 11.5 Å². The van der Waals surface area contributed by atoms with Gasteiger partial charge in [0.25, 0.3) is 0 Å². The molecular weight excluding hydrogens is 226 g/mol. The third-order valence-electron chi connectivity index (χ3n) is 3.59. The summed E-state index contributed by atoms with van der Waals surface area (Å²) in [6, 6.07) is 0. The number of hydrogen-bond acceptors (Lipinski definition) is 2. The third kappa shape index (κ3) is 3.97. The van der Waals surface area contributed by atoms with Crippen LogP contribution in [0.3, 0.4) is 0 Å². The van der Waals surface area contributed by atoms with Crippen molar-refractivity contribution >= 4 is 0 Å². The van der Waals surface area contributed by atoms with Crippen LogP contribution in [0.25, 0.3) is 0 Å². The summed E-state index contributed by atoms with van der Waals surface area (Å²) in [5.74, 6) is 2.27. The minimum Gasteiger partial charge on any atom is -0.488 e. The summed E-state index contributed by atoms with van der Waals surface area (Å²) in [6.45, 7) is 3.84. The van der Waals surface area contributed by atoms with E-state index in [1.165, 1.54) is 44.9 Å². The fourth-order valence-corrected chi connectivity index (χ4v) is 2.40. The second-order valence-electron chi connectivity index (χ2n) is 5.23. The lowest BCUT2D eigenvalue weighted by Gasteiger charge is -2.13. The first kappa shape index (κ1) is 13.3. The third-order valence-corrected chi connectivity index (χ3v) is 3.59. The Hall–Kier alpha value is -1.12. The van der Waals surface area contributed by atoms with Crippen molar-refractivity contribution in [3.05, 3.63) is 12.4 Å². The van der Waals surface area contributed by atoms with E-state index in [0.29, 0.717) is 5.92 Å². The van der Waals surface area contributed by atoms with Gasteiger partial charge in [-0.25, -0.2) is 0 Å². The SMILES string of the molecule is CCCCCCCCC1COc2c[nH]cc2OC1. The summed E-state index contributed by atoms with van der Waals surface area (Å²) in [7, 11) is 0. The van der Waals surface area contributed by atoms with E-state index in [4.69, 9.17) is 9.47 Å². The van der Waals surface area contributed by atoms with Gasteiger partial charge in [-0.05, 0) is 6.42 Å². The Morgan fingerprint density at radius 1 is 1.00 bits per heavy atom. The molecule has 0 saturated heterocycles. The maximum Gasteiger partial charge on any atom is 0.178 e. The van der Waals surface area contributed by atoms with Crippen molar-refractivity contribution < 1.29 is 9.47 Å². The van der Waals surface area contributed by atoms with Crippen LogP contribution in [-0.2, 0) is 0 Å². The van der Waals surface area contributed by atoms with Crippen molar-refractivity contribution in [2.24, 2.45) is 5.92 Å². The van der Waals surface area contributed by atoms with E-state index in [0.717, 1.165) is 24.7 Å². The van der Waals surface area contributed by atoms with Gasteiger partial charge in [-0.15, -0.1) is 0 Å². The molecule has 2 rings (SSSR count). The van der Waals surface area contributed by atoms with Crippen molar-refractivity contribution in [1.82, 2.24) is 4.98 Å². The van der Waals surface area contributed by atoms with Crippen molar-refractivity contribution in [2.75, 3.05) is 13.2 Å². The van der Waals surface area contributed by atoms with Crippen molar-refractivity contribution in [1.29, 1.82) is 0 Å². The molecule has 1 aromatic rings. The molecular formula is C15H25NO2. The zero-order chi connectivity index (χ0) is 12.6. The number of nitrogens with one attached hydrogen (secondary N) is 1. The zero-order valence-corrected chi connectivity index (χ0v) is 11.4. The lowest BCUT2D eigenvalue weighted by molar-refractivity contribution is 0.201. The van der Waals surface area contributed by atoms with E-state index in [1.54, 1.807) is 0 Å². The summed E-state index contributed by atoms with van der Waals surface area (Å²) in [5.41, 5.74) is 0. The molecule has 0 amide bonds. The van der Waals surface area contributed by atoms with E-state index in [2.05, 4.69) is 11.9 Å². The molecule has 1 aliphatic heterocycles. The van der Waals surface area contributed by atoms with Crippen molar-refractivity contribution in [3.63, 3.8) is 0 Å². The molecule has 1 aromatic heterocycles. The molecule has 0 bridgehead atoms. The molecule has 2 heterocycles. The molecule has 102 valence electrons. The maximum atomic E-state index is 5.74. The Bertz CT molecular complexity index is 312. The number of ether oxygens (including phenoxy) is 2. The Morgan fingerprint density at radius 3 is 2.28 bits per heavy atom.